The van der Waals surface area contributed by atoms with Gasteiger partial charge in [-0.1, -0.05) is 57.0 Å². The maximum absolute atomic E-state index is 12.7. The zero-order valence-corrected chi connectivity index (χ0v) is 22.9. The van der Waals surface area contributed by atoms with E-state index in [2.05, 4.69) is 26.8 Å². The van der Waals surface area contributed by atoms with E-state index in [0.717, 1.165) is 61.7 Å². The van der Waals surface area contributed by atoms with Crippen LogP contribution in [0.5, 0.6) is 0 Å². The first kappa shape index (κ1) is 25.7. The standard InChI is InChI=1S/C33H46O3/c1-22(9-8-10-23(2)34)28-15-16-29-27-14-13-25-21-26(36-31(35)24-11-6-5-7-12-24)17-19-32(25,3)30(27)18-20-33(28,29)4/h5-7,11-13,22,26-30H,8-10,14-21H2,1-4H3. The van der Waals surface area contributed by atoms with Gasteiger partial charge in [0.15, 0.2) is 0 Å². The highest BCUT2D eigenvalue weighted by atomic mass is 16.5. The number of esters is 1. The number of rotatable bonds is 7. The van der Waals surface area contributed by atoms with Crippen molar-refractivity contribution < 1.29 is 14.3 Å². The zero-order chi connectivity index (χ0) is 25.5. The van der Waals surface area contributed by atoms with Crippen molar-refractivity contribution in [3.8, 4) is 0 Å². The van der Waals surface area contributed by atoms with Crippen molar-refractivity contribution in [2.75, 3.05) is 0 Å². The maximum Gasteiger partial charge on any atom is 0.338 e. The van der Waals surface area contributed by atoms with Crippen molar-refractivity contribution in [3.63, 3.8) is 0 Å². The maximum atomic E-state index is 12.7. The quantitative estimate of drug-likeness (QED) is 0.286. The summed E-state index contributed by atoms with van der Waals surface area (Å²) in [7, 11) is 0. The van der Waals surface area contributed by atoms with Crippen LogP contribution in [0.4, 0.5) is 0 Å². The lowest BCUT2D eigenvalue weighted by Crippen LogP contribution is -2.51. The first-order chi connectivity index (χ1) is 17.2. The van der Waals surface area contributed by atoms with Crippen molar-refractivity contribution in [2.24, 2.45) is 40.4 Å². The molecule has 196 valence electrons. The minimum Gasteiger partial charge on any atom is -0.458 e. The number of carbonyl (C=O) groups excluding carboxylic acids is 2. The van der Waals surface area contributed by atoms with Gasteiger partial charge in [-0.05, 0) is 111 Å². The summed E-state index contributed by atoms with van der Waals surface area (Å²) in [5, 5.41) is 0. The molecule has 1 aromatic carbocycles. The summed E-state index contributed by atoms with van der Waals surface area (Å²) >= 11 is 0. The molecule has 36 heavy (non-hydrogen) atoms. The van der Waals surface area contributed by atoms with E-state index >= 15 is 0 Å². The molecule has 3 saturated carbocycles. The summed E-state index contributed by atoms with van der Waals surface area (Å²) < 4.78 is 5.98. The van der Waals surface area contributed by atoms with Gasteiger partial charge < -0.3 is 9.53 Å². The van der Waals surface area contributed by atoms with Gasteiger partial charge in [-0.2, -0.15) is 0 Å². The monoisotopic (exact) mass is 490 g/mol. The van der Waals surface area contributed by atoms with Gasteiger partial charge in [0.1, 0.15) is 11.9 Å². The van der Waals surface area contributed by atoms with Crippen LogP contribution in [0.1, 0.15) is 109 Å². The Bertz CT molecular complexity index is 995. The van der Waals surface area contributed by atoms with Crippen molar-refractivity contribution in [1.82, 2.24) is 0 Å². The van der Waals surface area contributed by atoms with Crippen LogP contribution in [0.3, 0.4) is 0 Å². The van der Waals surface area contributed by atoms with Crippen LogP contribution in [0.15, 0.2) is 42.0 Å². The molecule has 0 aromatic heterocycles. The van der Waals surface area contributed by atoms with Crippen molar-refractivity contribution in [1.29, 1.82) is 0 Å². The molecule has 4 aliphatic rings. The lowest BCUT2D eigenvalue weighted by Gasteiger charge is -2.58. The van der Waals surface area contributed by atoms with E-state index in [9.17, 15) is 9.59 Å². The van der Waals surface area contributed by atoms with Gasteiger partial charge in [-0.25, -0.2) is 4.79 Å². The van der Waals surface area contributed by atoms with Gasteiger partial charge in [0.05, 0.1) is 5.56 Å². The van der Waals surface area contributed by atoms with Gasteiger partial charge in [0.25, 0.3) is 0 Å². The fraction of sp³-hybridized carbons (Fsp3) is 0.697. The third kappa shape index (κ3) is 4.61. The molecule has 4 aliphatic carbocycles. The Morgan fingerprint density at radius 3 is 2.56 bits per heavy atom. The van der Waals surface area contributed by atoms with Crippen LogP contribution in [-0.2, 0) is 9.53 Å². The number of ketones is 1. The summed E-state index contributed by atoms with van der Waals surface area (Å²) in [6.45, 7) is 9.34. The van der Waals surface area contributed by atoms with E-state index in [-0.39, 0.29) is 17.5 Å². The molecule has 3 nitrogen and oxygen atoms in total. The summed E-state index contributed by atoms with van der Waals surface area (Å²) in [6, 6.07) is 9.42. The van der Waals surface area contributed by atoms with Gasteiger partial charge in [0.2, 0.25) is 0 Å². The molecule has 0 aliphatic heterocycles. The van der Waals surface area contributed by atoms with Crippen LogP contribution < -0.4 is 0 Å². The van der Waals surface area contributed by atoms with E-state index < -0.39 is 0 Å². The summed E-state index contributed by atoms with van der Waals surface area (Å²) in [5.74, 6) is 4.09. The van der Waals surface area contributed by atoms with E-state index in [1.807, 2.05) is 30.3 Å². The Morgan fingerprint density at radius 2 is 1.81 bits per heavy atom. The Hall–Kier alpha value is -1.90. The van der Waals surface area contributed by atoms with Crippen LogP contribution in [-0.4, -0.2) is 17.9 Å². The first-order valence-corrected chi connectivity index (χ1v) is 14.7. The SMILES string of the molecule is CC(=O)CCCC(C)C1CCC2C3CC=C4CC(OC(=O)c5ccccc5)CCC4(C)C3CCC12C. The van der Waals surface area contributed by atoms with E-state index in [4.69, 9.17) is 4.74 Å². The molecule has 3 fully saturated rings. The topological polar surface area (TPSA) is 43.4 Å². The molecule has 1 aromatic rings. The van der Waals surface area contributed by atoms with Crippen molar-refractivity contribution in [2.45, 2.75) is 104 Å². The number of benzene rings is 1. The van der Waals surface area contributed by atoms with Crippen LogP contribution in [0, 0.1) is 40.4 Å². The number of ether oxygens (including phenoxy) is 1. The second kappa shape index (κ2) is 10.1. The van der Waals surface area contributed by atoms with Gasteiger partial charge in [-0.15, -0.1) is 0 Å². The normalized spacial score (nSPS) is 38.2. The third-order valence-electron chi connectivity index (χ3n) is 11.3. The molecule has 0 saturated heterocycles. The van der Waals surface area contributed by atoms with Crippen LogP contribution in [0.25, 0.3) is 0 Å². The van der Waals surface area contributed by atoms with Crippen LogP contribution >= 0.6 is 0 Å². The molecule has 0 spiro atoms. The minimum atomic E-state index is -0.179. The highest BCUT2D eigenvalue weighted by Crippen LogP contribution is 2.67. The Balaban J connectivity index is 1.26. The number of carbonyl (C=O) groups is 2. The number of hydrogen-bond acceptors (Lipinski definition) is 3. The molecule has 0 heterocycles. The van der Waals surface area contributed by atoms with E-state index in [0.29, 0.717) is 16.8 Å². The molecule has 0 bridgehead atoms. The van der Waals surface area contributed by atoms with Crippen molar-refractivity contribution >= 4 is 11.8 Å². The summed E-state index contributed by atoms with van der Waals surface area (Å²) in [4.78, 5) is 24.1. The highest BCUT2D eigenvalue weighted by Gasteiger charge is 2.59. The number of allylic oxidation sites excluding steroid dienone is 1. The van der Waals surface area contributed by atoms with E-state index in [1.165, 1.54) is 38.5 Å². The van der Waals surface area contributed by atoms with Crippen LogP contribution in [0.2, 0.25) is 0 Å². The van der Waals surface area contributed by atoms with Gasteiger partial charge >= 0.3 is 5.97 Å². The average molecular weight is 491 g/mol. The van der Waals surface area contributed by atoms with Crippen molar-refractivity contribution in [3.05, 3.63) is 47.5 Å². The molecule has 0 amide bonds. The van der Waals surface area contributed by atoms with Gasteiger partial charge in [-0.3, -0.25) is 0 Å². The molecule has 8 unspecified atom stereocenters. The molecule has 5 rings (SSSR count). The highest BCUT2D eigenvalue weighted by molar-refractivity contribution is 5.89. The predicted molar refractivity (Wildman–Crippen MR) is 145 cm³/mol. The zero-order valence-electron chi connectivity index (χ0n) is 22.9. The second-order valence-corrected chi connectivity index (χ2v) is 13.2. The molecular weight excluding hydrogens is 444 g/mol. The van der Waals surface area contributed by atoms with Gasteiger partial charge in [0, 0.05) is 12.8 Å². The smallest absolute Gasteiger partial charge is 0.338 e. The Labute approximate surface area is 218 Å². The molecule has 3 heteroatoms. The average Bonchev–Trinajstić information content (AvgIpc) is 3.22. The third-order valence-corrected chi connectivity index (χ3v) is 11.3. The summed E-state index contributed by atoms with van der Waals surface area (Å²) in [5.41, 5.74) is 2.95. The van der Waals surface area contributed by atoms with E-state index in [1.54, 1.807) is 12.5 Å². The number of fused-ring (bicyclic) bond motifs is 5. The number of hydrogen-bond donors (Lipinski definition) is 0. The predicted octanol–water partition coefficient (Wildman–Crippen LogP) is 8.19. The fourth-order valence-corrected chi connectivity index (χ4v) is 9.37. The first-order valence-electron chi connectivity index (χ1n) is 14.7. The lowest BCUT2D eigenvalue weighted by atomic mass is 9.47. The lowest BCUT2D eigenvalue weighted by molar-refractivity contribution is -0.117. The Morgan fingerprint density at radius 1 is 1.03 bits per heavy atom. The molecular formula is C33H46O3. The fourth-order valence-electron chi connectivity index (χ4n) is 9.37. The molecule has 0 radical (unpaired) electrons. The number of Topliss-reactive ketones (excluding diaryl/α,β-unsaturated/α-hetero) is 1. The Kier molecular flexibility index (Phi) is 7.22. The minimum absolute atomic E-state index is 0.00847. The molecule has 0 N–H and O–H groups in total. The summed E-state index contributed by atoms with van der Waals surface area (Å²) in [6.07, 6.45) is 15.3. The molecule has 8 atom stereocenters. The second-order valence-electron chi connectivity index (χ2n) is 13.2. The largest absolute Gasteiger partial charge is 0.458 e.